The van der Waals surface area contributed by atoms with Crippen LogP contribution in [0.4, 0.5) is 5.95 Å². The molecule has 16 heavy (non-hydrogen) atoms. The number of imidazole rings is 1. The molecule has 1 atom stereocenters. The number of nitrogens with one attached hydrogen (secondary N) is 1. The van der Waals surface area contributed by atoms with Crippen molar-refractivity contribution in [1.29, 1.82) is 0 Å². The number of rotatable bonds is 6. The van der Waals surface area contributed by atoms with Gasteiger partial charge in [0.2, 0.25) is 5.95 Å². The summed E-state index contributed by atoms with van der Waals surface area (Å²) in [4.78, 5) is 6.29. The molecule has 0 fully saturated rings. The van der Waals surface area contributed by atoms with Crippen molar-refractivity contribution in [3.8, 4) is 0 Å². The van der Waals surface area contributed by atoms with Gasteiger partial charge >= 0.3 is 0 Å². The Labute approximate surface area is 99.3 Å². The van der Waals surface area contributed by atoms with Gasteiger partial charge in [-0.25, -0.2) is 4.98 Å². The molecule has 1 N–H and O–H groups in total. The number of hydrogen-bond acceptors (Lipinski definition) is 4. The average Bonchev–Trinajstić information content (AvgIpc) is 2.54. The van der Waals surface area contributed by atoms with E-state index in [0.29, 0.717) is 5.75 Å². The van der Waals surface area contributed by atoms with Crippen molar-refractivity contribution in [3.05, 3.63) is 11.9 Å². The van der Waals surface area contributed by atoms with Crippen molar-refractivity contribution < 1.29 is 4.21 Å². The Morgan fingerprint density at radius 1 is 1.56 bits per heavy atom. The van der Waals surface area contributed by atoms with Crippen molar-refractivity contribution in [2.24, 2.45) is 7.05 Å². The smallest absolute Gasteiger partial charge is 0.204 e. The van der Waals surface area contributed by atoms with E-state index in [4.69, 9.17) is 0 Å². The van der Waals surface area contributed by atoms with Crippen LogP contribution in [0, 0.1) is 0 Å². The minimum Gasteiger partial charge on any atom is -0.348 e. The van der Waals surface area contributed by atoms with Gasteiger partial charge in [-0.05, 0) is 0 Å². The molecule has 1 heterocycles. The zero-order valence-corrected chi connectivity index (χ0v) is 11.2. The molecule has 5 nitrogen and oxygen atoms in total. The second-order valence-corrected chi connectivity index (χ2v) is 5.51. The van der Waals surface area contributed by atoms with Gasteiger partial charge in [-0.2, -0.15) is 0 Å². The van der Waals surface area contributed by atoms with Gasteiger partial charge in [0.1, 0.15) is 0 Å². The van der Waals surface area contributed by atoms with E-state index in [1.165, 1.54) is 0 Å². The largest absolute Gasteiger partial charge is 0.348 e. The highest BCUT2D eigenvalue weighted by Gasteiger charge is 2.07. The third kappa shape index (κ3) is 3.61. The number of hydrogen-bond donors (Lipinski definition) is 1. The number of nitrogens with zero attached hydrogens (tertiary/aromatic N) is 3. The van der Waals surface area contributed by atoms with E-state index in [1.807, 2.05) is 32.2 Å². The summed E-state index contributed by atoms with van der Waals surface area (Å²) in [5, 5.41) is 3.25. The molecule has 0 aliphatic rings. The van der Waals surface area contributed by atoms with Gasteiger partial charge in [0.05, 0.1) is 11.9 Å². The van der Waals surface area contributed by atoms with E-state index in [0.717, 1.165) is 24.7 Å². The quantitative estimate of drug-likeness (QED) is 0.713. The molecule has 0 saturated carbocycles. The molecule has 1 aromatic rings. The van der Waals surface area contributed by atoms with E-state index >= 15 is 0 Å². The van der Waals surface area contributed by atoms with Crippen LogP contribution in [-0.2, 0) is 24.4 Å². The molecule has 0 aliphatic heterocycles. The predicted octanol–water partition coefficient (Wildman–Crippen LogP) is -0.0458. The van der Waals surface area contributed by atoms with E-state index in [9.17, 15) is 4.21 Å². The van der Waals surface area contributed by atoms with E-state index < -0.39 is 10.8 Å². The lowest BCUT2D eigenvalue weighted by Crippen LogP contribution is -2.21. The van der Waals surface area contributed by atoms with Gasteiger partial charge in [0.15, 0.2) is 0 Å². The molecule has 92 valence electrons. The first-order valence-corrected chi connectivity index (χ1v) is 6.93. The molecule has 6 heteroatoms. The topological polar surface area (TPSA) is 50.2 Å². The summed E-state index contributed by atoms with van der Waals surface area (Å²) in [5.74, 6) is 1.63. The lowest BCUT2D eigenvalue weighted by molar-refractivity contribution is 0.663. The highest BCUT2D eigenvalue weighted by atomic mass is 32.2. The van der Waals surface area contributed by atoms with Crippen molar-refractivity contribution in [1.82, 2.24) is 14.9 Å². The fourth-order valence-corrected chi connectivity index (χ4v) is 1.88. The Morgan fingerprint density at radius 2 is 2.25 bits per heavy atom. The maximum atomic E-state index is 10.9. The molecule has 0 aromatic carbocycles. The summed E-state index contributed by atoms with van der Waals surface area (Å²) in [6.07, 6.45) is 3.58. The van der Waals surface area contributed by atoms with Gasteiger partial charge in [0, 0.05) is 57.0 Å². The van der Waals surface area contributed by atoms with Gasteiger partial charge in [-0.15, -0.1) is 0 Å². The molecule has 1 aromatic heterocycles. The van der Waals surface area contributed by atoms with Crippen LogP contribution in [0.25, 0.3) is 0 Å². The van der Waals surface area contributed by atoms with Gasteiger partial charge in [0.25, 0.3) is 0 Å². The maximum Gasteiger partial charge on any atom is 0.204 e. The Bertz CT molecular complexity index is 362. The molecular weight excluding hydrogens is 224 g/mol. The summed E-state index contributed by atoms with van der Waals surface area (Å²) in [6, 6.07) is 0. The fourth-order valence-electron chi connectivity index (χ4n) is 1.45. The number of aromatic nitrogens is 2. The highest BCUT2D eigenvalue weighted by Crippen LogP contribution is 2.10. The van der Waals surface area contributed by atoms with Crippen LogP contribution in [-0.4, -0.2) is 46.4 Å². The second kappa shape index (κ2) is 6.00. The SMILES string of the molecule is CN(C)c1ncc(CNCCS(C)=O)n1C. The van der Waals surface area contributed by atoms with Crippen LogP contribution < -0.4 is 10.2 Å². The molecule has 0 amide bonds. The Kier molecular flexibility index (Phi) is 4.95. The van der Waals surface area contributed by atoms with Crippen LogP contribution >= 0.6 is 0 Å². The minimum atomic E-state index is -0.724. The van der Waals surface area contributed by atoms with Crippen molar-refractivity contribution >= 4 is 16.7 Å². The van der Waals surface area contributed by atoms with Crippen molar-refractivity contribution in [2.75, 3.05) is 37.5 Å². The standard InChI is InChI=1S/C10H20N4OS/c1-13(2)10-12-8-9(14(10)3)7-11-5-6-16(4)15/h8,11H,5-7H2,1-4H3. The minimum absolute atomic E-state index is 0.693. The maximum absolute atomic E-state index is 10.9. The van der Waals surface area contributed by atoms with Gasteiger partial charge < -0.3 is 14.8 Å². The highest BCUT2D eigenvalue weighted by molar-refractivity contribution is 7.84. The first-order valence-electron chi connectivity index (χ1n) is 5.21. The van der Waals surface area contributed by atoms with E-state index in [2.05, 4.69) is 14.9 Å². The Hall–Kier alpha value is -0.880. The Morgan fingerprint density at radius 3 is 2.75 bits per heavy atom. The van der Waals surface area contributed by atoms with Gasteiger partial charge in [-0.3, -0.25) is 4.21 Å². The zero-order valence-electron chi connectivity index (χ0n) is 10.4. The first kappa shape index (κ1) is 13.2. The fraction of sp³-hybridized carbons (Fsp3) is 0.700. The normalized spacial score (nSPS) is 12.8. The van der Waals surface area contributed by atoms with Crippen LogP contribution in [0.15, 0.2) is 6.20 Å². The summed E-state index contributed by atoms with van der Waals surface area (Å²) >= 11 is 0. The zero-order chi connectivity index (χ0) is 12.1. The molecule has 1 unspecified atom stereocenters. The van der Waals surface area contributed by atoms with Crippen LogP contribution in [0.2, 0.25) is 0 Å². The van der Waals surface area contributed by atoms with Crippen LogP contribution in [0.3, 0.4) is 0 Å². The summed E-state index contributed by atoms with van der Waals surface area (Å²) < 4.78 is 12.9. The van der Waals surface area contributed by atoms with E-state index in [-0.39, 0.29) is 0 Å². The first-order chi connectivity index (χ1) is 7.52. The molecular formula is C10H20N4OS. The molecule has 1 rings (SSSR count). The predicted molar refractivity (Wildman–Crippen MR) is 68.2 cm³/mol. The van der Waals surface area contributed by atoms with Gasteiger partial charge in [-0.1, -0.05) is 0 Å². The summed E-state index contributed by atoms with van der Waals surface area (Å²) in [5.41, 5.74) is 1.13. The molecule has 0 bridgehead atoms. The molecule has 0 aliphatic carbocycles. The van der Waals surface area contributed by atoms with E-state index in [1.54, 1.807) is 6.26 Å². The van der Waals surface area contributed by atoms with Crippen LogP contribution in [0.1, 0.15) is 5.69 Å². The third-order valence-electron chi connectivity index (χ3n) is 2.33. The second-order valence-electron chi connectivity index (χ2n) is 3.96. The molecule has 0 radical (unpaired) electrons. The summed E-state index contributed by atoms with van der Waals surface area (Å²) in [7, 11) is 5.22. The molecule has 0 spiro atoms. The lowest BCUT2D eigenvalue weighted by atomic mass is 10.4. The average molecular weight is 244 g/mol. The monoisotopic (exact) mass is 244 g/mol. The molecule has 0 saturated heterocycles. The third-order valence-corrected chi connectivity index (χ3v) is 3.11. The lowest BCUT2D eigenvalue weighted by Gasteiger charge is -2.12. The van der Waals surface area contributed by atoms with Crippen LogP contribution in [0.5, 0.6) is 0 Å². The number of anilines is 1. The van der Waals surface area contributed by atoms with Crippen molar-refractivity contribution in [2.45, 2.75) is 6.54 Å². The van der Waals surface area contributed by atoms with Crippen molar-refractivity contribution in [3.63, 3.8) is 0 Å². The summed E-state index contributed by atoms with van der Waals surface area (Å²) in [6.45, 7) is 1.53. The Balaban J connectivity index is 2.45.